The summed E-state index contributed by atoms with van der Waals surface area (Å²) in [6, 6.07) is 7.71. The van der Waals surface area contributed by atoms with Gasteiger partial charge in [-0.1, -0.05) is 25.5 Å². The van der Waals surface area contributed by atoms with Crippen molar-refractivity contribution in [3.63, 3.8) is 0 Å². The lowest BCUT2D eigenvalue weighted by Gasteiger charge is -2.35. The van der Waals surface area contributed by atoms with E-state index in [4.69, 9.17) is 4.74 Å². The Kier molecular flexibility index (Phi) is 7.21. The van der Waals surface area contributed by atoms with Crippen molar-refractivity contribution < 1.29 is 14.6 Å². The molecule has 0 bridgehead atoms. The van der Waals surface area contributed by atoms with Crippen LogP contribution in [-0.2, 0) is 11.3 Å². The number of nitrogens with one attached hydrogen (secondary N) is 1. The van der Waals surface area contributed by atoms with Gasteiger partial charge in [-0.2, -0.15) is 0 Å². The molecule has 5 nitrogen and oxygen atoms in total. The zero-order valence-corrected chi connectivity index (χ0v) is 15.0. The quantitative estimate of drug-likeness (QED) is 0.802. The summed E-state index contributed by atoms with van der Waals surface area (Å²) < 4.78 is 5.75. The zero-order chi connectivity index (χ0) is 17.5. The van der Waals surface area contributed by atoms with Gasteiger partial charge in [0.2, 0.25) is 0 Å². The molecule has 24 heavy (non-hydrogen) atoms. The number of ether oxygens (including phenoxy) is 1. The molecular formula is C19H30N2O3. The zero-order valence-electron chi connectivity index (χ0n) is 15.0. The molecule has 0 aliphatic carbocycles. The minimum Gasteiger partial charge on any atom is -0.391 e. The fraction of sp³-hybridized carbons (Fsp3) is 0.632. The van der Waals surface area contributed by atoms with Crippen LogP contribution in [0, 0.1) is 0 Å². The lowest BCUT2D eigenvalue weighted by molar-refractivity contribution is -0.0704. The molecule has 134 valence electrons. The molecule has 2 N–H and O–H groups in total. The van der Waals surface area contributed by atoms with Crippen LogP contribution in [-0.4, -0.2) is 53.9 Å². The van der Waals surface area contributed by atoms with Crippen LogP contribution in [0.3, 0.4) is 0 Å². The van der Waals surface area contributed by atoms with Crippen molar-refractivity contribution in [2.24, 2.45) is 0 Å². The van der Waals surface area contributed by atoms with Crippen LogP contribution in [0.1, 0.15) is 49.5 Å². The van der Waals surface area contributed by atoms with Gasteiger partial charge in [0.25, 0.3) is 5.91 Å². The minimum absolute atomic E-state index is 0.134. The Hall–Kier alpha value is -1.43. The molecule has 1 amide bonds. The molecule has 0 saturated carbocycles. The average Bonchev–Trinajstić information content (AvgIpc) is 2.52. The van der Waals surface area contributed by atoms with Crippen LogP contribution in [0.15, 0.2) is 24.3 Å². The predicted molar refractivity (Wildman–Crippen MR) is 95.0 cm³/mol. The van der Waals surface area contributed by atoms with Crippen molar-refractivity contribution >= 4 is 5.91 Å². The van der Waals surface area contributed by atoms with E-state index in [2.05, 4.69) is 24.1 Å². The highest BCUT2D eigenvalue weighted by Gasteiger charge is 2.22. The summed E-state index contributed by atoms with van der Waals surface area (Å²) in [6.45, 7) is 9.25. The number of carbonyl (C=O) groups is 1. The highest BCUT2D eigenvalue weighted by molar-refractivity contribution is 5.94. The summed E-state index contributed by atoms with van der Waals surface area (Å²) in [5.41, 5.74) is 1.82. The number of hydrogen-bond acceptors (Lipinski definition) is 4. The number of amides is 1. The Bertz CT molecular complexity index is 508. The second kappa shape index (κ2) is 9.16. The third-order valence-corrected chi connectivity index (χ3v) is 4.24. The first-order chi connectivity index (χ1) is 11.5. The number of nitrogens with zero attached hydrogens (tertiary/aromatic N) is 1. The number of rotatable bonds is 7. The first kappa shape index (κ1) is 18.9. The SMILES string of the molecule is CCCC(O)CNC(=O)c1ccc(CN2CC(C)OC(C)C2)cc1. The molecule has 3 unspecified atom stereocenters. The maximum Gasteiger partial charge on any atom is 0.251 e. The number of carbonyl (C=O) groups excluding carboxylic acids is 1. The number of aliphatic hydroxyl groups is 1. The van der Waals surface area contributed by atoms with E-state index >= 15 is 0 Å². The van der Waals surface area contributed by atoms with Gasteiger partial charge in [0.15, 0.2) is 0 Å². The molecule has 1 saturated heterocycles. The van der Waals surface area contributed by atoms with Gasteiger partial charge < -0.3 is 15.2 Å². The van der Waals surface area contributed by atoms with E-state index < -0.39 is 6.10 Å². The van der Waals surface area contributed by atoms with Crippen molar-refractivity contribution in [2.75, 3.05) is 19.6 Å². The Morgan fingerprint density at radius 3 is 2.50 bits per heavy atom. The average molecular weight is 334 g/mol. The lowest BCUT2D eigenvalue weighted by atomic mass is 10.1. The number of aliphatic hydroxyl groups excluding tert-OH is 1. The van der Waals surface area contributed by atoms with Crippen LogP contribution in [0.25, 0.3) is 0 Å². The normalized spacial score (nSPS) is 23.0. The minimum atomic E-state index is -0.469. The van der Waals surface area contributed by atoms with Gasteiger partial charge in [0.1, 0.15) is 0 Å². The predicted octanol–water partition coefficient (Wildman–Crippen LogP) is 2.19. The van der Waals surface area contributed by atoms with E-state index in [0.717, 1.165) is 26.1 Å². The Morgan fingerprint density at radius 2 is 1.92 bits per heavy atom. The van der Waals surface area contributed by atoms with E-state index in [0.29, 0.717) is 18.5 Å². The second-order valence-electron chi connectivity index (χ2n) is 6.80. The molecule has 0 aromatic heterocycles. The first-order valence-corrected chi connectivity index (χ1v) is 8.91. The molecule has 1 aliphatic rings. The standard InChI is InChI=1S/C19H30N2O3/c1-4-5-18(22)10-20-19(23)17-8-6-16(7-9-17)13-21-11-14(2)24-15(3)12-21/h6-9,14-15,18,22H,4-5,10-13H2,1-3H3,(H,20,23). The van der Waals surface area contributed by atoms with E-state index in [1.807, 2.05) is 31.2 Å². The Morgan fingerprint density at radius 1 is 1.29 bits per heavy atom. The van der Waals surface area contributed by atoms with Crippen LogP contribution in [0.5, 0.6) is 0 Å². The smallest absolute Gasteiger partial charge is 0.251 e. The highest BCUT2D eigenvalue weighted by atomic mass is 16.5. The third kappa shape index (κ3) is 5.89. The van der Waals surface area contributed by atoms with Gasteiger partial charge in [-0.05, 0) is 38.0 Å². The first-order valence-electron chi connectivity index (χ1n) is 8.91. The van der Waals surface area contributed by atoms with Crippen molar-refractivity contribution in [1.82, 2.24) is 10.2 Å². The molecule has 0 spiro atoms. The topological polar surface area (TPSA) is 61.8 Å². The third-order valence-electron chi connectivity index (χ3n) is 4.24. The summed E-state index contributed by atoms with van der Waals surface area (Å²) in [7, 11) is 0. The van der Waals surface area contributed by atoms with Gasteiger partial charge in [0.05, 0.1) is 18.3 Å². The summed E-state index contributed by atoms with van der Waals surface area (Å²) in [5.74, 6) is -0.134. The van der Waals surface area contributed by atoms with Gasteiger partial charge >= 0.3 is 0 Å². The fourth-order valence-corrected chi connectivity index (χ4v) is 3.18. The molecule has 1 heterocycles. The molecule has 1 fully saturated rings. The molecule has 1 aliphatic heterocycles. The van der Waals surface area contributed by atoms with Crippen molar-refractivity contribution in [1.29, 1.82) is 0 Å². The van der Waals surface area contributed by atoms with E-state index in [1.165, 1.54) is 5.56 Å². The fourth-order valence-electron chi connectivity index (χ4n) is 3.18. The second-order valence-corrected chi connectivity index (χ2v) is 6.80. The monoisotopic (exact) mass is 334 g/mol. The molecule has 2 rings (SSSR count). The molecule has 1 aromatic carbocycles. The maximum absolute atomic E-state index is 12.1. The lowest BCUT2D eigenvalue weighted by Crippen LogP contribution is -2.44. The van der Waals surface area contributed by atoms with Crippen LogP contribution >= 0.6 is 0 Å². The molecule has 3 atom stereocenters. The van der Waals surface area contributed by atoms with Crippen LogP contribution in [0.4, 0.5) is 0 Å². The van der Waals surface area contributed by atoms with Gasteiger partial charge in [-0.15, -0.1) is 0 Å². The van der Waals surface area contributed by atoms with Gasteiger partial charge in [-0.25, -0.2) is 0 Å². The Balaban J connectivity index is 1.85. The van der Waals surface area contributed by atoms with E-state index in [1.54, 1.807) is 0 Å². The van der Waals surface area contributed by atoms with Crippen molar-refractivity contribution in [2.45, 2.75) is 58.5 Å². The largest absolute Gasteiger partial charge is 0.391 e. The van der Waals surface area contributed by atoms with Gasteiger partial charge in [-0.3, -0.25) is 9.69 Å². The molecule has 1 aromatic rings. The van der Waals surface area contributed by atoms with Gasteiger partial charge in [0, 0.05) is 31.7 Å². The summed E-state index contributed by atoms with van der Waals surface area (Å²) in [4.78, 5) is 14.5. The number of morpholine rings is 1. The van der Waals surface area contributed by atoms with Crippen molar-refractivity contribution in [3.8, 4) is 0 Å². The molecule has 0 radical (unpaired) electrons. The summed E-state index contributed by atoms with van der Waals surface area (Å²) in [5, 5.41) is 12.5. The number of benzene rings is 1. The number of hydrogen-bond donors (Lipinski definition) is 2. The Labute approximate surface area is 145 Å². The maximum atomic E-state index is 12.1. The van der Waals surface area contributed by atoms with Crippen LogP contribution in [0.2, 0.25) is 0 Å². The van der Waals surface area contributed by atoms with Crippen LogP contribution < -0.4 is 5.32 Å². The summed E-state index contributed by atoms with van der Waals surface area (Å²) in [6.07, 6.45) is 1.66. The summed E-state index contributed by atoms with van der Waals surface area (Å²) >= 11 is 0. The van der Waals surface area contributed by atoms with E-state index in [9.17, 15) is 9.90 Å². The molecule has 5 heteroatoms. The highest BCUT2D eigenvalue weighted by Crippen LogP contribution is 2.14. The van der Waals surface area contributed by atoms with Crippen molar-refractivity contribution in [3.05, 3.63) is 35.4 Å². The molecular weight excluding hydrogens is 304 g/mol. The van der Waals surface area contributed by atoms with E-state index in [-0.39, 0.29) is 18.1 Å².